The molecule has 0 rings (SSSR count). The van der Waals surface area contributed by atoms with E-state index in [1.54, 1.807) is 6.07 Å². The number of nitrogens with zero attached hydrogens (tertiary/aromatic N) is 1. The fraction of sp³-hybridized carbons (Fsp3) is 0. The quantitative estimate of drug-likeness (QED) is 0.236. The van der Waals surface area contributed by atoms with Crippen molar-refractivity contribution < 1.29 is 0 Å². The molecule has 0 fully saturated rings. The maximum atomic E-state index is 8.08. The number of nitrogens with one attached hydrogen (secondary N) is 1. The third-order valence-corrected chi connectivity index (χ3v) is 0.577. The molecule has 4 nitrogen and oxygen atoms in total. The molecule has 0 aliphatic heterocycles. The molecule has 8 heavy (non-hydrogen) atoms. The molecule has 0 aromatic rings. The first kappa shape index (κ1) is 6.50. The maximum Gasteiger partial charge on any atom is 0.135 e. The normalized spacial score (nSPS) is 10.1. The summed E-state index contributed by atoms with van der Waals surface area (Å²) in [7, 11) is 0. The lowest BCUT2D eigenvalue weighted by atomic mass is 10.3. The molecule has 42 valence electrons. The van der Waals surface area contributed by atoms with Gasteiger partial charge in [0.05, 0.1) is 0 Å². The molecule has 0 unspecified atom stereocenters. The van der Waals surface area contributed by atoms with Gasteiger partial charge in [-0.25, -0.2) is 0 Å². The fourth-order valence-corrected chi connectivity index (χ4v) is 0.187. The van der Waals surface area contributed by atoms with Crippen LogP contribution in [-0.4, -0.2) is 5.84 Å². The zero-order chi connectivity index (χ0) is 6.57. The SMILES string of the molecule is N#C/C(=C/N)C(=N)N. The minimum atomic E-state index is -0.296. The highest BCUT2D eigenvalue weighted by Crippen LogP contribution is 1.83. The van der Waals surface area contributed by atoms with E-state index >= 15 is 0 Å². The van der Waals surface area contributed by atoms with Crippen molar-refractivity contribution in [2.24, 2.45) is 11.5 Å². The number of hydrogen-bond acceptors (Lipinski definition) is 3. The monoisotopic (exact) mass is 110 g/mol. The van der Waals surface area contributed by atoms with Gasteiger partial charge in [-0.1, -0.05) is 0 Å². The van der Waals surface area contributed by atoms with E-state index in [0.717, 1.165) is 6.20 Å². The van der Waals surface area contributed by atoms with Gasteiger partial charge >= 0.3 is 0 Å². The molecule has 0 bridgehead atoms. The zero-order valence-corrected chi connectivity index (χ0v) is 4.18. The van der Waals surface area contributed by atoms with Crippen LogP contribution in [-0.2, 0) is 0 Å². The van der Waals surface area contributed by atoms with Crippen LogP contribution in [0.25, 0.3) is 0 Å². The molecule has 0 aliphatic carbocycles. The lowest BCUT2D eigenvalue weighted by Crippen LogP contribution is -2.12. The number of amidine groups is 1. The van der Waals surface area contributed by atoms with Crippen molar-refractivity contribution in [2.45, 2.75) is 0 Å². The van der Waals surface area contributed by atoms with Crippen LogP contribution in [0.5, 0.6) is 0 Å². The lowest BCUT2D eigenvalue weighted by molar-refractivity contribution is 1.40. The van der Waals surface area contributed by atoms with Crippen molar-refractivity contribution >= 4 is 5.84 Å². The first-order chi connectivity index (χ1) is 3.72. The first-order valence-electron chi connectivity index (χ1n) is 1.88. The van der Waals surface area contributed by atoms with E-state index in [4.69, 9.17) is 22.1 Å². The fourth-order valence-electron chi connectivity index (χ4n) is 0.187. The summed E-state index contributed by atoms with van der Waals surface area (Å²) in [4.78, 5) is 0. The molecule has 0 amide bonds. The second kappa shape index (κ2) is 2.64. The van der Waals surface area contributed by atoms with Gasteiger partial charge in [-0.3, -0.25) is 5.41 Å². The molecule has 0 aromatic heterocycles. The van der Waals surface area contributed by atoms with Crippen LogP contribution in [0.15, 0.2) is 11.8 Å². The van der Waals surface area contributed by atoms with Crippen molar-refractivity contribution in [2.75, 3.05) is 0 Å². The van der Waals surface area contributed by atoms with Crippen molar-refractivity contribution in [3.8, 4) is 6.07 Å². The highest BCUT2D eigenvalue weighted by Gasteiger charge is 1.93. The van der Waals surface area contributed by atoms with E-state index in [1.807, 2.05) is 0 Å². The minimum absolute atomic E-state index is 0.00463. The van der Waals surface area contributed by atoms with Gasteiger partial charge in [0, 0.05) is 6.20 Å². The molecular weight excluding hydrogens is 104 g/mol. The number of nitrogens with two attached hydrogens (primary N) is 2. The molecule has 0 saturated heterocycles. The summed E-state index contributed by atoms with van der Waals surface area (Å²) in [6, 6.07) is 1.64. The largest absolute Gasteiger partial charge is 0.403 e. The van der Waals surface area contributed by atoms with Gasteiger partial charge < -0.3 is 11.5 Å². The van der Waals surface area contributed by atoms with Gasteiger partial charge in [0.2, 0.25) is 0 Å². The Labute approximate surface area is 46.9 Å². The topological polar surface area (TPSA) is 99.7 Å². The zero-order valence-electron chi connectivity index (χ0n) is 4.18. The van der Waals surface area contributed by atoms with Crippen LogP contribution in [0.4, 0.5) is 0 Å². The number of nitriles is 1. The Bertz CT molecular complexity index is 161. The summed E-state index contributed by atoms with van der Waals surface area (Å²) in [5.74, 6) is -0.296. The Morgan fingerprint density at radius 2 is 2.25 bits per heavy atom. The molecule has 0 radical (unpaired) electrons. The average molecular weight is 110 g/mol. The van der Waals surface area contributed by atoms with Gasteiger partial charge in [-0.15, -0.1) is 0 Å². The van der Waals surface area contributed by atoms with Crippen LogP contribution in [0, 0.1) is 16.7 Å². The maximum absolute atomic E-state index is 8.08. The molecule has 5 N–H and O–H groups in total. The summed E-state index contributed by atoms with van der Waals surface area (Å²) in [5, 5.41) is 14.7. The van der Waals surface area contributed by atoms with Crippen molar-refractivity contribution in [1.29, 1.82) is 10.7 Å². The predicted octanol–water partition coefficient (Wildman–Crippen LogP) is -0.711. The first-order valence-corrected chi connectivity index (χ1v) is 1.88. The van der Waals surface area contributed by atoms with E-state index < -0.39 is 0 Å². The molecule has 0 heterocycles. The molecule has 0 saturated carbocycles. The molecule has 0 spiro atoms. The van der Waals surface area contributed by atoms with Gasteiger partial charge in [0.1, 0.15) is 17.5 Å². The number of rotatable bonds is 1. The average Bonchev–Trinajstić information content (AvgIpc) is 1.69. The Hall–Kier alpha value is -1.50. The number of hydrogen-bond donors (Lipinski definition) is 3. The molecule has 0 aromatic carbocycles. The summed E-state index contributed by atoms with van der Waals surface area (Å²) < 4.78 is 0. The lowest BCUT2D eigenvalue weighted by Gasteiger charge is -1.86. The van der Waals surface area contributed by atoms with Crippen molar-refractivity contribution in [3.05, 3.63) is 11.8 Å². The Morgan fingerprint density at radius 1 is 1.75 bits per heavy atom. The highest BCUT2D eigenvalue weighted by atomic mass is 14.7. The molecular formula is C4H6N4. The highest BCUT2D eigenvalue weighted by molar-refractivity contribution is 5.97. The van der Waals surface area contributed by atoms with Gasteiger partial charge in [0.15, 0.2) is 0 Å². The standard InChI is InChI=1S/C4H6N4/c5-1-3(2-6)4(7)8/h1H,5H2,(H3,7,8)/b3-1-. The third kappa shape index (κ3) is 1.30. The summed E-state index contributed by atoms with van der Waals surface area (Å²) >= 11 is 0. The van der Waals surface area contributed by atoms with Crippen molar-refractivity contribution in [3.63, 3.8) is 0 Å². The second-order valence-electron chi connectivity index (χ2n) is 1.11. The molecule has 0 aliphatic rings. The Balaban J connectivity index is 4.20. The summed E-state index contributed by atoms with van der Waals surface area (Å²) in [6.45, 7) is 0. The second-order valence-corrected chi connectivity index (χ2v) is 1.11. The summed E-state index contributed by atoms with van der Waals surface area (Å²) in [6.07, 6.45) is 1.00. The van der Waals surface area contributed by atoms with E-state index in [9.17, 15) is 0 Å². The predicted molar refractivity (Wildman–Crippen MR) is 29.8 cm³/mol. The van der Waals surface area contributed by atoms with Crippen LogP contribution < -0.4 is 11.5 Å². The van der Waals surface area contributed by atoms with Gasteiger partial charge in [0.25, 0.3) is 0 Å². The third-order valence-electron chi connectivity index (χ3n) is 0.577. The Morgan fingerprint density at radius 3 is 2.25 bits per heavy atom. The van der Waals surface area contributed by atoms with Gasteiger partial charge in [-0.05, 0) is 0 Å². The van der Waals surface area contributed by atoms with Crippen LogP contribution in [0.3, 0.4) is 0 Å². The van der Waals surface area contributed by atoms with Crippen molar-refractivity contribution in [1.82, 2.24) is 0 Å². The van der Waals surface area contributed by atoms with Crippen LogP contribution >= 0.6 is 0 Å². The van der Waals surface area contributed by atoms with E-state index in [-0.39, 0.29) is 11.4 Å². The van der Waals surface area contributed by atoms with E-state index in [1.165, 1.54) is 0 Å². The van der Waals surface area contributed by atoms with E-state index in [0.29, 0.717) is 0 Å². The van der Waals surface area contributed by atoms with Crippen LogP contribution in [0.2, 0.25) is 0 Å². The van der Waals surface area contributed by atoms with Gasteiger partial charge in [-0.2, -0.15) is 5.26 Å². The Kier molecular flexibility index (Phi) is 2.14. The summed E-state index contributed by atoms with van der Waals surface area (Å²) in [5.41, 5.74) is 9.75. The van der Waals surface area contributed by atoms with E-state index in [2.05, 4.69) is 0 Å². The molecule has 4 heteroatoms. The molecule has 0 atom stereocenters. The smallest absolute Gasteiger partial charge is 0.135 e. The minimum Gasteiger partial charge on any atom is -0.403 e. The van der Waals surface area contributed by atoms with Crippen LogP contribution in [0.1, 0.15) is 0 Å².